The van der Waals surface area contributed by atoms with Crippen LogP contribution in [-0.4, -0.2) is 44.2 Å². The van der Waals surface area contributed by atoms with Crippen molar-refractivity contribution in [3.05, 3.63) is 28.7 Å². The van der Waals surface area contributed by atoms with Crippen LogP contribution in [0.3, 0.4) is 0 Å². The lowest BCUT2D eigenvalue weighted by molar-refractivity contribution is 0.191. The van der Waals surface area contributed by atoms with Crippen molar-refractivity contribution in [1.82, 2.24) is 10.2 Å². The fraction of sp³-hybridized carbons (Fsp3) is 0.500. The number of nitrogens with one attached hydrogen (secondary N) is 1. The number of hydrogen-bond acceptors (Lipinski definition) is 3. The molecule has 0 atom stereocenters. The van der Waals surface area contributed by atoms with Crippen molar-refractivity contribution in [3.8, 4) is 5.75 Å². The van der Waals surface area contributed by atoms with Crippen LogP contribution in [0.2, 0.25) is 0 Å². The second-order valence-corrected chi connectivity index (χ2v) is 4.81. The summed E-state index contributed by atoms with van der Waals surface area (Å²) in [6, 6.07) is 7.98. The van der Waals surface area contributed by atoms with Gasteiger partial charge in [-0.15, -0.1) is 24.8 Å². The molecule has 0 saturated carbocycles. The normalized spacial score (nSPS) is 15.4. The van der Waals surface area contributed by atoms with Crippen LogP contribution in [-0.2, 0) is 0 Å². The highest BCUT2D eigenvalue weighted by molar-refractivity contribution is 9.10. The summed E-state index contributed by atoms with van der Waals surface area (Å²) in [5, 5.41) is 3.34. The Morgan fingerprint density at radius 2 is 1.94 bits per heavy atom. The summed E-state index contributed by atoms with van der Waals surface area (Å²) in [6.45, 7) is 6.21. The highest BCUT2D eigenvalue weighted by Crippen LogP contribution is 2.17. The lowest BCUT2D eigenvalue weighted by Crippen LogP contribution is -2.44. The molecule has 0 spiro atoms. The Hall–Kier alpha value is -0.000000000000000111. The van der Waals surface area contributed by atoms with Crippen molar-refractivity contribution >= 4 is 40.7 Å². The number of hydrogen-bond donors (Lipinski definition) is 1. The number of piperazine rings is 1. The number of halogens is 3. The second-order valence-electron chi connectivity index (χ2n) is 3.90. The summed E-state index contributed by atoms with van der Waals surface area (Å²) < 4.78 is 6.76. The van der Waals surface area contributed by atoms with Crippen LogP contribution >= 0.6 is 40.7 Å². The van der Waals surface area contributed by atoms with Gasteiger partial charge >= 0.3 is 0 Å². The Morgan fingerprint density at radius 1 is 1.22 bits per heavy atom. The molecular formula is C12H19BrCl2N2O. The standard InChI is InChI=1S/C12H17BrN2O.2ClH/c13-11-2-1-3-12(10-11)16-9-8-15-6-4-14-5-7-15;;/h1-3,10,14H,4-9H2;2*1H. The fourth-order valence-corrected chi connectivity index (χ4v) is 2.16. The maximum absolute atomic E-state index is 5.70. The zero-order valence-electron chi connectivity index (χ0n) is 10.1. The van der Waals surface area contributed by atoms with Crippen LogP contribution < -0.4 is 10.1 Å². The minimum absolute atomic E-state index is 0. The van der Waals surface area contributed by atoms with E-state index in [1.54, 1.807) is 0 Å². The van der Waals surface area contributed by atoms with Crippen LogP contribution in [0.5, 0.6) is 5.75 Å². The summed E-state index contributed by atoms with van der Waals surface area (Å²) in [5.41, 5.74) is 0. The van der Waals surface area contributed by atoms with E-state index < -0.39 is 0 Å². The van der Waals surface area contributed by atoms with Gasteiger partial charge in [-0.25, -0.2) is 0 Å². The molecule has 1 fully saturated rings. The van der Waals surface area contributed by atoms with Gasteiger partial charge in [0.25, 0.3) is 0 Å². The van der Waals surface area contributed by atoms with Crippen LogP contribution in [0.1, 0.15) is 0 Å². The highest BCUT2D eigenvalue weighted by atomic mass is 79.9. The first-order chi connectivity index (χ1) is 7.84. The molecule has 1 N–H and O–H groups in total. The number of nitrogens with zero attached hydrogens (tertiary/aromatic N) is 1. The maximum Gasteiger partial charge on any atom is 0.120 e. The molecule has 18 heavy (non-hydrogen) atoms. The highest BCUT2D eigenvalue weighted by Gasteiger charge is 2.08. The molecule has 2 rings (SSSR count). The topological polar surface area (TPSA) is 24.5 Å². The van der Waals surface area contributed by atoms with E-state index in [9.17, 15) is 0 Å². The predicted molar refractivity (Wildman–Crippen MR) is 83.4 cm³/mol. The van der Waals surface area contributed by atoms with E-state index in [1.807, 2.05) is 24.3 Å². The SMILES string of the molecule is Brc1cccc(OCCN2CCNCC2)c1.Cl.Cl. The third kappa shape index (κ3) is 6.25. The molecule has 0 radical (unpaired) electrons. The summed E-state index contributed by atoms with van der Waals surface area (Å²) in [5.74, 6) is 0.935. The van der Waals surface area contributed by atoms with E-state index in [-0.39, 0.29) is 24.8 Å². The van der Waals surface area contributed by atoms with Gasteiger partial charge in [-0.1, -0.05) is 22.0 Å². The first kappa shape index (κ1) is 18.0. The molecule has 6 heteroatoms. The lowest BCUT2D eigenvalue weighted by atomic mass is 10.3. The third-order valence-corrected chi connectivity index (χ3v) is 3.18. The molecule has 0 aliphatic carbocycles. The number of benzene rings is 1. The zero-order valence-corrected chi connectivity index (χ0v) is 13.3. The summed E-state index contributed by atoms with van der Waals surface area (Å²) in [6.07, 6.45) is 0. The quantitative estimate of drug-likeness (QED) is 0.896. The lowest BCUT2D eigenvalue weighted by Gasteiger charge is -2.26. The summed E-state index contributed by atoms with van der Waals surface area (Å²) in [7, 11) is 0. The Morgan fingerprint density at radius 3 is 2.61 bits per heavy atom. The average Bonchev–Trinajstić information content (AvgIpc) is 2.30. The molecule has 104 valence electrons. The summed E-state index contributed by atoms with van der Waals surface area (Å²) in [4.78, 5) is 2.43. The van der Waals surface area contributed by atoms with E-state index in [1.165, 1.54) is 0 Å². The molecule has 1 aliphatic rings. The van der Waals surface area contributed by atoms with Crippen molar-refractivity contribution in [2.75, 3.05) is 39.3 Å². The van der Waals surface area contributed by atoms with Crippen molar-refractivity contribution < 1.29 is 4.74 Å². The van der Waals surface area contributed by atoms with Crippen LogP contribution in [0.25, 0.3) is 0 Å². The Labute approximate surface area is 129 Å². The average molecular weight is 358 g/mol. The maximum atomic E-state index is 5.70. The minimum atomic E-state index is 0. The number of ether oxygens (including phenoxy) is 1. The van der Waals surface area contributed by atoms with Gasteiger partial charge in [0, 0.05) is 37.2 Å². The molecule has 0 bridgehead atoms. The van der Waals surface area contributed by atoms with Gasteiger partial charge in [-0.3, -0.25) is 4.90 Å². The number of rotatable bonds is 4. The first-order valence-electron chi connectivity index (χ1n) is 5.66. The second kappa shape index (κ2) is 9.87. The van der Waals surface area contributed by atoms with Crippen molar-refractivity contribution in [2.24, 2.45) is 0 Å². The van der Waals surface area contributed by atoms with E-state index in [4.69, 9.17) is 4.74 Å². The molecule has 1 aliphatic heterocycles. The summed E-state index contributed by atoms with van der Waals surface area (Å²) >= 11 is 3.43. The third-order valence-electron chi connectivity index (χ3n) is 2.68. The Kier molecular flexibility index (Phi) is 9.87. The van der Waals surface area contributed by atoms with Crippen molar-refractivity contribution in [1.29, 1.82) is 0 Å². The first-order valence-corrected chi connectivity index (χ1v) is 6.45. The van der Waals surface area contributed by atoms with E-state index in [0.717, 1.165) is 49.6 Å². The van der Waals surface area contributed by atoms with E-state index in [2.05, 4.69) is 26.1 Å². The van der Waals surface area contributed by atoms with Gasteiger partial charge in [0.2, 0.25) is 0 Å². The van der Waals surface area contributed by atoms with Gasteiger partial charge < -0.3 is 10.1 Å². The predicted octanol–water partition coefficient (Wildman–Crippen LogP) is 2.58. The van der Waals surface area contributed by atoms with Crippen molar-refractivity contribution in [3.63, 3.8) is 0 Å². The molecular weight excluding hydrogens is 339 g/mol. The van der Waals surface area contributed by atoms with Gasteiger partial charge in [0.1, 0.15) is 12.4 Å². The Bertz CT molecular complexity index is 336. The minimum Gasteiger partial charge on any atom is -0.492 e. The molecule has 0 unspecified atom stereocenters. The fourth-order valence-electron chi connectivity index (χ4n) is 1.78. The van der Waals surface area contributed by atoms with Gasteiger partial charge in [0.15, 0.2) is 0 Å². The van der Waals surface area contributed by atoms with E-state index in [0.29, 0.717) is 0 Å². The van der Waals surface area contributed by atoms with Crippen LogP contribution in [0.4, 0.5) is 0 Å². The molecule has 1 aromatic carbocycles. The van der Waals surface area contributed by atoms with Crippen LogP contribution in [0.15, 0.2) is 28.7 Å². The molecule has 0 aromatic heterocycles. The van der Waals surface area contributed by atoms with Crippen molar-refractivity contribution in [2.45, 2.75) is 0 Å². The van der Waals surface area contributed by atoms with Gasteiger partial charge in [-0.2, -0.15) is 0 Å². The molecule has 1 heterocycles. The largest absolute Gasteiger partial charge is 0.492 e. The molecule has 1 saturated heterocycles. The molecule has 0 amide bonds. The molecule has 3 nitrogen and oxygen atoms in total. The smallest absolute Gasteiger partial charge is 0.120 e. The zero-order chi connectivity index (χ0) is 11.2. The van der Waals surface area contributed by atoms with Crippen LogP contribution in [0, 0.1) is 0 Å². The molecule has 1 aromatic rings. The monoisotopic (exact) mass is 356 g/mol. The Balaban J connectivity index is 0.00000144. The van der Waals surface area contributed by atoms with E-state index >= 15 is 0 Å². The van der Waals surface area contributed by atoms with Gasteiger partial charge in [-0.05, 0) is 18.2 Å². The van der Waals surface area contributed by atoms with Gasteiger partial charge in [0.05, 0.1) is 0 Å².